The second kappa shape index (κ2) is 7.18. The predicted molar refractivity (Wildman–Crippen MR) is 91.8 cm³/mol. The molecule has 24 heavy (non-hydrogen) atoms. The van der Waals surface area contributed by atoms with Gasteiger partial charge in [0.15, 0.2) is 0 Å². The second-order valence-corrected chi connectivity index (χ2v) is 6.49. The van der Waals surface area contributed by atoms with Gasteiger partial charge in [-0.2, -0.15) is 0 Å². The van der Waals surface area contributed by atoms with Crippen LogP contribution in [0.1, 0.15) is 31.7 Å². The Labute approximate surface area is 142 Å². The van der Waals surface area contributed by atoms with Crippen LogP contribution in [0, 0.1) is 5.92 Å². The number of carbonyl (C=O) groups excluding carboxylic acids is 2. The molecule has 2 aliphatic heterocycles. The normalized spacial score (nSPS) is 21.8. The molecule has 0 radical (unpaired) electrons. The van der Waals surface area contributed by atoms with Crippen LogP contribution in [-0.2, 0) is 9.59 Å². The van der Waals surface area contributed by atoms with Gasteiger partial charge in [-0.05, 0) is 30.7 Å². The van der Waals surface area contributed by atoms with Gasteiger partial charge in [-0.15, -0.1) is 0 Å². The van der Waals surface area contributed by atoms with Gasteiger partial charge in [-0.1, -0.05) is 37.3 Å². The van der Waals surface area contributed by atoms with Crippen LogP contribution in [0.2, 0.25) is 0 Å². The van der Waals surface area contributed by atoms with Crippen molar-refractivity contribution in [2.75, 3.05) is 26.2 Å². The Morgan fingerprint density at radius 2 is 1.92 bits per heavy atom. The first-order chi connectivity index (χ1) is 11.7. The van der Waals surface area contributed by atoms with Gasteiger partial charge in [0.1, 0.15) is 5.70 Å². The van der Waals surface area contributed by atoms with Crippen molar-refractivity contribution in [2.24, 2.45) is 5.92 Å². The van der Waals surface area contributed by atoms with Crippen LogP contribution in [0.15, 0.2) is 36.0 Å². The van der Waals surface area contributed by atoms with Crippen LogP contribution >= 0.6 is 0 Å². The second-order valence-electron chi connectivity index (χ2n) is 6.49. The van der Waals surface area contributed by atoms with Crippen LogP contribution < -0.4 is 0 Å². The number of likely N-dealkylation sites (tertiary alicyclic amines) is 1. The molecule has 2 heterocycles. The van der Waals surface area contributed by atoms with Crippen molar-refractivity contribution < 1.29 is 14.7 Å². The summed E-state index contributed by atoms with van der Waals surface area (Å²) in [5, 5.41) is 9.48. The van der Waals surface area contributed by atoms with Crippen molar-refractivity contribution in [2.45, 2.75) is 26.2 Å². The van der Waals surface area contributed by atoms with Crippen LogP contribution in [0.5, 0.6) is 0 Å². The van der Waals surface area contributed by atoms with Crippen LogP contribution in [-0.4, -0.2) is 53.0 Å². The third kappa shape index (κ3) is 2.96. The lowest BCUT2D eigenvalue weighted by atomic mass is 9.97. The summed E-state index contributed by atoms with van der Waals surface area (Å²) >= 11 is 0. The Morgan fingerprint density at radius 3 is 2.58 bits per heavy atom. The zero-order valence-electron chi connectivity index (χ0n) is 14.1. The van der Waals surface area contributed by atoms with E-state index in [9.17, 15) is 14.7 Å². The van der Waals surface area contributed by atoms with E-state index >= 15 is 0 Å². The zero-order chi connectivity index (χ0) is 17.1. The number of nitrogens with zero attached hydrogens (tertiary/aromatic N) is 2. The van der Waals surface area contributed by atoms with E-state index in [1.54, 1.807) is 0 Å². The molecule has 1 aromatic rings. The number of imide groups is 1. The standard InChI is InChI=1S/C19H24N2O3/c1-2-10-21-18(23)16(15-8-4-3-5-9-15)17(19(21)24)20-11-6-7-14(12-20)13-22/h3-5,8-9,14,22H,2,6-7,10-13H2,1H3. The Bertz CT molecular complexity index is 654. The summed E-state index contributed by atoms with van der Waals surface area (Å²) in [7, 11) is 0. The molecule has 3 rings (SSSR count). The van der Waals surface area contributed by atoms with Crippen molar-refractivity contribution >= 4 is 17.4 Å². The summed E-state index contributed by atoms with van der Waals surface area (Å²) in [6, 6.07) is 9.42. The molecule has 0 saturated carbocycles. The van der Waals surface area contributed by atoms with Gasteiger partial charge in [-0.25, -0.2) is 0 Å². The molecule has 1 fully saturated rings. The number of carbonyl (C=O) groups is 2. The summed E-state index contributed by atoms with van der Waals surface area (Å²) in [5.74, 6) is -0.236. The highest BCUT2D eigenvalue weighted by molar-refractivity contribution is 6.35. The van der Waals surface area contributed by atoms with Gasteiger partial charge >= 0.3 is 0 Å². The quantitative estimate of drug-likeness (QED) is 0.839. The van der Waals surface area contributed by atoms with Gasteiger partial charge in [-0.3, -0.25) is 14.5 Å². The molecule has 1 atom stereocenters. The van der Waals surface area contributed by atoms with E-state index in [-0.39, 0.29) is 24.3 Å². The monoisotopic (exact) mass is 328 g/mol. The van der Waals surface area contributed by atoms with Gasteiger partial charge in [0.25, 0.3) is 11.8 Å². The maximum absolute atomic E-state index is 12.9. The van der Waals surface area contributed by atoms with E-state index in [1.807, 2.05) is 42.2 Å². The summed E-state index contributed by atoms with van der Waals surface area (Å²) in [5.41, 5.74) is 1.81. The van der Waals surface area contributed by atoms with E-state index in [0.29, 0.717) is 24.4 Å². The lowest BCUT2D eigenvalue weighted by Crippen LogP contribution is -2.40. The average Bonchev–Trinajstić information content (AvgIpc) is 2.87. The maximum atomic E-state index is 12.9. The molecule has 0 spiro atoms. The third-order valence-electron chi connectivity index (χ3n) is 4.75. The number of benzene rings is 1. The van der Waals surface area contributed by atoms with E-state index in [0.717, 1.165) is 31.4 Å². The first-order valence-electron chi connectivity index (χ1n) is 8.69. The number of piperidine rings is 1. The van der Waals surface area contributed by atoms with Gasteiger partial charge in [0.05, 0.1) is 5.57 Å². The molecule has 2 amide bonds. The van der Waals surface area contributed by atoms with E-state index in [4.69, 9.17) is 0 Å². The van der Waals surface area contributed by atoms with Crippen molar-refractivity contribution in [1.82, 2.24) is 9.80 Å². The molecule has 0 aliphatic carbocycles. The first kappa shape index (κ1) is 16.7. The highest BCUT2D eigenvalue weighted by Crippen LogP contribution is 2.33. The fourth-order valence-electron chi connectivity index (χ4n) is 3.57. The summed E-state index contributed by atoms with van der Waals surface area (Å²) in [6.45, 7) is 3.89. The minimum Gasteiger partial charge on any atom is -0.396 e. The number of aliphatic hydroxyl groups excluding tert-OH is 1. The molecular weight excluding hydrogens is 304 g/mol. The number of aliphatic hydroxyl groups is 1. The molecular formula is C19H24N2O3. The van der Waals surface area contributed by atoms with Crippen LogP contribution in [0.4, 0.5) is 0 Å². The minimum absolute atomic E-state index is 0.116. The van der Waals surface area contributed by atoms with E-state index in [1.165, 1.54) is 4.90 Å². The molecule has 1 saturated heterocycles. The third-order valence-corrected chi connectivity index (χ3v) is 4.75. The Morgan fingerprint density at radius 1 is 1.17 bits per heavy atom. The summed E-state index contributed by atoms with van der Waals surface area (Å²) in [6.07, 6.45) is 2.62. The lowest BCUT2D eigenvalue weighted by molar-refractivity contribution is -0.137. The van der Waals surface area contributed by atoms with Crippen molar-refractivity contribution in [3.8, 4) is 0 Å². The lowest BCUT2D eigenvalue weighted by Gasteiger charge is -2.34. The Kier molecular flexibility index (Phi) is 5.00. The highest BCUT2D eigenvalue weighted by Gasteiger charge is 2.41. The van der Waals surface area contributed by atoms with E-state index < -0.39 is 0 Å². The number of amides is 2. The molecule has 0 bridgehead atoms. The molecule has 1 aromatic carbocycles. The van der Waals surface area contributed by atoms with Crippen molar-refractivity contribution in [1.29, 1.82) is 0 Å². The largest absolute Gasteiger partial charge is 0.396 e. The van der Waals surface area contributed by atoms with E-state index in [2.05, 4.69) is 0 Å². The molecule has 2 aliphatic rings. The smallest absolute Gasteiger partial charge is 0.277 e. The summed E-state index contributed by atoms with van der Waals surface area (Å²) < 4.78 is 0. The fourth-order valence-corrected chi connectivity index (χ4v) is 3.57. The van der Waals surface area contributed by atoms with Crippen LogP contribution in [0.25, 0.3) is 5.57 Å². The van der Waals surface area contributed by atoms with Crippen molar-refractivity contribution in [3.63, 3.8) is 0 Å². The predicted octanol–water partition coefficient (Wildman–Crippen LogP) is 1.88. The Hall–Kier alpha value is -2.14. The molecule has 128 valence electrons. The van der Waals surface area contributed by atoms with Gasteiger partial charge in [0, 0.05) is 26.2 Å². The summed E-state index contributed by atoms with van der Waals surface area (Å²) in [4.78, 5) is 29.2. The average molecular weight is 328 g/mol. The first-order valence-corrected chi connectivity index (χ1v) is 8.69. The van der Waals surface area contributed by atoms with Gasteiger partial charge in [0.2, 0.25) is 0 Å². The SMILES string of the molecule is CCCN1C(=O)C(c2ccccc2)=C(N2CCCC(CO)C2)C1=O. The topological polar surface area (TPSA) is 60.9 Å². The maximum Gasteiger partial charge on any atom is 0.277 e. The van der Waals surface area contributed by atoms with Crippen LogP contribution in [0.3, 0.4) is 0 Å². The molecule has 5 nitrogen and oxygen atoms in total. The molecule has 1 N–H and O–H groups in total. The van der Waals surface area contributed by atoms with Crippen molar-refractivity contribution in [3.05, 3.63) is 41.6 Å². The number of hydrogen-bond acceptors (Lipinski definition) is 4. The molecule has 1 unspecified atom stereocenters. The number of hydrogen-bond donors (Lipinski definition) is 1. The minimum atomic E-state index is -0.200. The molecule has 5 heteroatoms. The Balaban J connectivity index is 2.03. The molecule has 0 aromatic heterocycles. The van der Waals surface area contributed by atoms with Gasteiger partial charge < -0.3 is 10.0 Å². The highest BCUT2D eigenvalue weighted by atomic mass is 16.3. The zero-order valence-corrected chi connectivity index (χ0v) is 14.1. The fraction of sp³-hybridized carbons (Fsp3) is 0.474. The number of rotatable bonds is 5.